The molecule has 0 atom stereocenters. The predicted molar refractivity (Wildman–Crippen MR) is 121 cm³/mol. The molecule has 0 saturated carbocycles. The molecule has 1 fully saturated rings. The van der Waals surface area contributed by atoms with Crippen LogP contribution in [0.2, 0.25) is 0 Å². The maximum absolute atomic E-state index is 13.9. The molecule has 2 aliphatic heterocycles. The van der Waals surface area contributed by atoms with Gasteiger partial charge in [0, 0.05) is 51.0 Å². The van der Waals surface area contributed by atoms with Gasteiger partial charge < -0.3 is 15.0 Å². The fraction of sp³-hybridized carbons (Fsp3) is 0.545. The molecule has 4 rings (SSSR count). The van der Waals surface area contributed by atoms with Crippen molar-refractivity contribution in [1.82, 2.24) is 14.3 Å². The number of halogens is 2. The molecule has 0 unspecified atom stereocenters. The maximum atomic E-state index is 13.9. The van der Waals surface area contributed by atoms with Crippen molar-refractivity contribution in [2.45, 2.75) is 51.8 Å². The second-order valence-electron chi connectivity index (χ2n) is 8.26. The molecule has 168 valence electrons. The first kappa shape index (κ1) is 22.1. The first-order chi connectivity index (χ1) is 14.9. The lowest BCUT2D eigenvalue weighted by molar-refractivity contribution is 0.163. The minimum atomic E-state index is -0.661. The lowest BCUT2D eigenvalue weighted by atomic mass is 10.1. The molecule has 3 heterocycles. The van der Waals surface area contributed by atoms with E-state index in [-0.39, 0.29) is 17.9 Å². The summed E-state index contributed by atoms with van der Waals surface area (Å²) in [6.45, 7) is 7.44. The van der Waals surface area contributed by atoms with Crippen LogP contribution in [0, 0.1) is 11.6 Å². The van der Waals surface area contributed by atoms with E-state index in [1.54, 1.807) is 11.9 Å². The van der Waals surface area contributed by atoms with Crippen LogP contribution in [0.4, 0.5) is 20.4 Å². The summed E-state index contributed by atoms with van der Waals surface area (Å²) in [6.07, 6.45) is 4.33. The Bertz CT molecular complexity index is 921. The lowest BCUT2D eigenvalue weighted by Gasteiger charge is -2.35. The van der Waals surface area contributed by atoms with Gasteiger partial charge in [-0.05, 0) is 32.2 Å². The van der Waals surface area contributed by atoms with E-state index in [4.69, 9.17) is 14.7 Å². The molecule has 1 N–H and O–H groups in total. The summed E-state index contributed by atoms with van der Waals surface area (Å²) in [5, 5.41) is 3.46. The van der Waals surface area contributed by atoms with Crippen molar-refractivity contribution in [3.63, 3.8) is 0 Å². The van der Waals surface area contributed by atoms with Gasteiger partial charge in [0.15, 0.2) is 23.2 Å². The predicted octanol–water partition coefficient (Wildman–Crippen LogP) is 4.26. The van der Waals surface area contributed by atoms with Crippen LogP contribution in [0.25, 0.3) is 0 Å². The zero-order chi connectivity index (χ0) is 22.0. The number of anilines is 2. The highest BCUT2D eigenvalue weighted by Gasteiger charge is 2.27. The zero-order valence-electron chi connectivity index (χ0n) is 18.2. The molecule has 9 heteroatoms. The molecule has 2 aromatic rings. The smallest absolute Gasteiger partial charge is 0.172 e. The van der Waals surface area contributed by atoms with Crippen LogP contribution in [0.15, 0.2) is 18.2 Å². The molecule has 0 bridgehead atoms. The van der Waals surface area contributed by atoms with E-state index in [9.17, 15) is 8.78 Å². The fourth-order valence-electron chi connectivity index (χ4n) is 3.98. The van der Waals surface area contributed by atoms with Gasteiger partial charge in [-0.15, -0.1) is 0 Å². The zero-order valence-corrected chi connectivity index (χ0v) is 19.0. The van der Waals surface area contributed by atoms with Crippen LogP contribution in [0.3, 0.4) is 0 Å². The molecule has 2 aliphatic rings. The van der Waals surface area contributed by atoms with Gasteiger partial charge in [-0.25, -0.2) is 23.1 Å². The van der Waals surface area contributed by atoms with Gasteiger partial charge in [0.1, 0.15) is 11.9 Å². The molecule has 1 saturated heterocycles. The van der Waals surface area contributed by atoms with E-state index < -0.39 is 11.6 Å². The monoisotopic (exact) mass is 449 g/mol. The van der Waals surface area contributed by atoms with Crippen molar-refractivity contribution in [2.24, 2.45) is 0 Å². The molecule has 0 radical (unpaired) electrons. The Hall–Kier alpha value is -2.13. The van der Waals surface area contributed by atoms with Gasteiger partial charge in [0.2, 0.25) is 0 Å². The Morgan fingerprint density at radius 1 is 1.13 bits per heavy atom. The Kier molecular flexibility index (Phi) is 6.81. The molecule has 0 aliphatic carbocycles. The number of nitrogens with zero attached hydrogens (tertiary/aromatic N) is 4. The van der Waals surface area contributed by atoms with Gasteiger partial charge >= 0.3 is 0 Å². The second-order valence-corrected chi connectivity index (χ2v) is 9.14. The van der Waals surface area contributed by atoms with E-state index in [1.165, 1.54) is 12.1 Å². The topological polar surface area (TPSA) is 53.5 Å². The Balaban J connectivity index is 1.48. The number of aromatic nitrogens is 2. The highest BCUT2D eigenvalue weighted by Crippen LogP contribution is 2.31. The standard InChI is InChI=1S/C22H29F2N5OS/c1-14(2)25-21-22(27-18-8-11-29(31-3)13-19(18)26-21)28-9-6-16(7-10-28)30-20-5-4-15(23)12-17(20)24/h4-5,12,14,16H,6-11,13H2,1-3H3,(H,25,26). The molecule has 6 nitrogen and oxygen atoms in total. The number of ether oxygens (including phenoxy) is 1. The number of fused-ring (bicyclic) bond motifs is 1. The van der Waals surface area contributed by atoms with Crippen molar-refractivity contribution in [2.75, 3.05) is 36.1 Å². The minimum Gasteiger partial charge on any atom is -0.487 e. The Morgan fingerprint density at radius 3 is 2.58 bits per heavy atom. The van der Waals surface area contributed by atoms with Crippen LogP contribution < -0.4 is 15.0 Å². The average Bonchev–Trinajstić information content (AvgIpc) is 2.75. The van der Waals surface area contributed by atoms with E-state index >= 15 is 0 Å². The first-order valence-corrected chi connectivity index (χ1v) is 11.9. The van der Waals surface area contributed by atoms with Crippen LogP contribution in [-0.4, -0.2) is 52.3 Å². The molecule has 1 aromatic carbocycles. The number of hydrogen-bond donors (Lipinski definition) is 1. The maximum Gasteiger partial charge on any atom is 0.172 e. The van der Waals surface area contributed by atoms with Gasteiger partial charge in [-0.1, -0.05) is 11.9 Å². The van der Waals surface area contributed by atoms with Crippen molar-refractivity contribution >= 4 is 23.6 Å². The lowest BCUT2D eigenvalue weighted by Crippen LogP contribution is -2.40. The fourth-order valence-corrected chi connectivity index (χ4v) is 4.51. The Labute approximate surface area is 186 Å². The van der Waals surface area contributed by atoms with Crippen LogP contribution >= 0.6 is 11.9 Å². The molecular formula is C22H29F2N5OS. The summed E-state index contributed by atoms with van der Waals surface area (Å²) in [6, 6.07) is 3.68. The quantitative estimate of drug-likeness (QED) is 0.662. The Morgan fingerprint density at radius 2 is 1.90 bits per heavy atom. The summed E-state index contributed by atoms with van der Waals surface area (Å²) in [5.41, 5.74) is 2.11. The van der Waals surface area contributed by atoms with Gasteiger partial charge in [0.25, 0.3) is 0 Å². The summed E-state index contributed by atoms with van der Waals surface area (Å²) in [7, 11) is 0. The highest BCUT2D eigenvalue weighted by atomic mass is 32.2. The largest absolute Gasteiger partial charge is 0.487 e. The van der Waals surface area contributed by atoms with Crippen LogP contribution in [0.5, 0.6) is 5.75 Å². The SMILES string of the molecule is CSN1CCc2nc(N3CCC(Oc4ccc(F)cc4F)CC3)c(NC(C)C)nc2C1. The van der Waals surface area contributed by atoms with Crippen LogP contribution in [0.1, 0.15) is 38.1 Å². The first-order valence-electron chi connectivity index (χ1n) is 10.7. The van der Waals surface area contributed by atoms with Crippen molar-refractivity contribution in [3.05, 3.63) is 41.2 Å². The normalized spacial score (nSPS) is 17.7. The third kappa shape index (κ3) is 5.20. The molecule has 0 amide bonds. The van der Waals surface area contributed by atoms with Crippen molar-refractivity contribution < 1.29 is 13.5 Å². The number of nitrogens with one attached hydrogen (secondary N) is 1. The van der Waals surface area contributed by atoms with Crippen molar-refractivity contribution in [1.29, 1.82) is 0 Å². The molecule has 31 heavy (non-hydrogen) atoms. The number of piperidine rings is 1. The highest BCUT2D eigenvalue weighted by molar-refractivity contribution is 7.96. The summed E-state index contributed by atoms with van der Waals surface area (Å²) >= 11 is 1.74. The van der Waals surface area contributed by atoms with Gasteiger partial charge in [-0.2, -0.15) is 0 Å². The number of rotatable bonds is 6. The van der Waals surface area contributed by atoms with E-state index in [0.717, 1.165) is 74.5 Å². The second kappa shape index (κ2) is 9.56. The molecular weight excluding hydrogens is 420 g/mol. The van der Waals surface area contributed by atoms with E-state index in [0.29, 0.717) is 0 Å². The third-order valence-electron chi connectivity index (χ3n) is 5.57. The van der Waals surface area contributed by atoms with Gasteiger partial charge in [0.05, 0.1) is 17.9 Å². The summed E-state index contributed by atoms with van der Waals surface area (Å²) in [5.74, 6) is 0.549. The molecule has 1 aromatic heterocycles. The molecule has 0 spiro atoms. The summed E-state index contributed by atoms with van der Waals surface area (Å²) in [4.78, 5) is 12.2. The average molecular weight is 450 g/mol. The number of benzene rings is 1. The van der Waals surface area contributed by atoms with Crippen molar-refractivity contribution in [3.8, 4) is 5.75 Å². The van der Waals surface area contributed by atoms with Crippen LogP contribution in [-0.2, 0) is 13.0 Å². The number of hydrogen-bond acceptors (Lipinski definition) is 7. The van der Waals surface area contributed by atoms with Gasteiger partial charge in [-0.3, -0.25) is 0 Å². The summed E-state index contributed by atoms with van der Waals surface area (Å²) < 4.78 is 35.2. The van der Waals surface area contributed by atoms with E-state index in [2.05, 4.69) is 34.6 Å². The van der Waals surface area contributed by atoms with E-state index in [1.807, 2.05) is 0 Å². The minimum absolute atomic E-state index is 0.105. The third-order valence-corrected chi connectivity index (χ3v) is 6.40.